The SMILES string of the molecule is O=CNCCN(CCc1ccc(Oc2ccccc2)cc1)C(=O)c1ccc(C2=CC=CCC=N2)nc1. The summed E-state index contributed by atoms with van der Waals surface area (Å²) in [6.07, 6.45) is 11.4. The van der Waals surface area contributed by atoms with Crippen molar-refractivity contribution in [3.63, 3.8) is 0 Å². The first kappa shape index (κ1) is 24.6. The van der Waals surface area contributed by atoms with Gasteiger partial charge in [0.25, 0.3) is 5.91 Å². The van der Waals surface area contributed by atoms with Gasteiger partial charge in [0.1, 0.15) is 11.5 Å². The molecule has 0 aliphatic carbocycles. The Morgan fingerprint density at radius 2 is 1.81 bits per heavy atom. The van der Waals surface area contributed by atoms with Gasteiger partial charge in [-0.05, 0) is 54.5 Å². The summed E-state index contributed by atoms with van der Waals surface area (Å²) in [4.78, 5) is 34.6. The van der Waals surface area contributed by atoms with Crippen molar-refractivity contribution in [3.8, 4) is 11.5 Å². The molecule has 7 nitrogen and oxygen atoms in total. The average molecular weight is 481 g/mol. The lowest BCUT2D eigenvalue weighted by molar-refractivity contribution is -0.109. The quantitative estimate of drug-likeness (QED) is 0.319. The maximum atomic E-state index is 13.3. The van der Waals surface area contributed by atoms with Crippen LogP contribution in [0.4, 0.5) is 0 Å². The number of nitrogens with one attached hydrogen (secondary N) is 1. The Kier molecular flexibility index (Phi) is 8.75. The molecule has 1 aromatic heterocycles. The maximum Gasteiger partial charge on any atom is 0.255 e. The molecule has 0 fully saturated rings. The lowest BCUT2D eigenvalue weighted by atomic mass is 10.1. The van der Waals surface area contributed by atoms with Gasteiger partial charge in [0.2, 0.25) is 6.41 Å². The standard InChI is InChI=1S/C29H28N4O3/c34-22-30-18-20-33(19-16-23-10-13-26(14-11-23)36-25-7-3-1-4-8-25)29(35)24-12-15-28(32-21-24)27-9-5-2-6-17-31-27/h1-5,7-15,17,21-22H,6,16,18-20H2,(H,30,34). The van der Waals surface area contributed by atoms with E-state index in [2.05, 4.69) is 15.3 Å². The third-order valence-electron chi connectivity index (χ3n) is 5.60. The van der Waals surface area contributed by atoms with Gasteiger partial charge in [-0.2, -0.15) is 0 Å². The molecule has 0 unspecified atom stereocenters. The predicted molar refractivity (Wildman–Crippen MR) is 141 cm³/mol. The molecule has 0 atom stereocenters. The van der Waals surface area contributed by atoms with E-state index >= 15 is 0 Å². The molecule has 1 aliphatic heterocycles. The molecule has 0 radical (unpaired) electrons. The van der Waals surface area contributed by atoms with Gasteiger partial charge in [-0.1, -0.05) is 42.5 Å². The highest BCUT2D eigenvalue weighted by Crippen LogP contribution is 2.21. The Morgan fingerprint density at radius 3 is 2.56 bits per heavy atom. The summed E-state index contributed by atoms with van der Waals surface area (Å²) >= 11 is 0. The van der Waals surface area contributed by atoms with Gasteiger partial charge >= 0.3 is 0 Å². The molecule has 4 rings (SSSR count). The van der Waals surface area contributed by atoms with Crippen molar-refractivity contribution in [3.05, 3.63) is 108 Å². The van der Waals surface area contributed by atoms with Gasteiger partial charge in [-0.15, -0.1) is 0 Å². The van der Waals surface area contributed by atoms with Crippen molar-refractivity contribution in [2.24, 2.45) is 4.99 Å². The van der Waals surface area contributed by atoms with Gasteiger partial charge in [0.05, 0.1) is 17.0 Å². The number of hydrogen-bond acceptors (Lipinski definition) is 5. The lowest BCUT2D eigenvalue weighted by Crippen LogP contribution is -2.38. The lowest BCUT2D eigenvalue weighted by Gasteiger charge is -2.23. The molecule has 1 N–H and O–H groups in total. The Hall–Kier alpha value is -4.52. The average Bonchev–Trinajstić information content (AvgIpc) is 3.22. The number of hydrogen-bond donors (Lipinski definition) is 1. The molecule has 7 heteroatoms. The number of carbonyl (C=O) groups is 2. The van der Waals surface area contributed by atoms with E-state index in [1.165, 1.54) is 0 Å². The van der Waals surface area contributed by atoms with Gasteiger partial charge < -0.3 is 15.0 Å². The molecule has 1 aliphatic rings. The molecule has 0 bridgehead atoms. The van der Waals surface area contributed by atoms with Gasteiger partial charge in [0.15, 0.2) is 0 Å². The Balaban J connectivity index is 1.40. The topological polar surface area (TPSA) is 83.9 Å². The number of aromatic nitrogens is 1. The first-order valence-corrected chi connectivity index (χ1v) is 11.9. The number of amides is 2. The second-order valence-electron chi connectivity index (χ2n) is 8.13. The summed E-state index contributed by atoms with van der Waals surface area (Å²) in [5, 5.41) is 2.64. The minimum absolute atomic E-state index is 0.135. The largest absolute Gasteiger partial charge is 0.457 e. The molecule has 0 saturated heterocycles. The Labute approximate surface area is 210 Å². The van der Waals surface area contributed by atoms with E-state index in [9.17, 15) is 9.59 Å². The smallest absolute Gasteiger partial charge is 0.255 e. The number of pyridine rings is 1. The highest BCUT2D eigenvalue weighted by atomic mass is 16.5. The number of allylic oxidation sites excluding steroid dienone is 3. The fourth-order valence-corrected chi connectivity index (χ4v) is 3.68. The molecule has 2 aromatic carbocycles. The van der Waals surface area contributed by atoms with Crippen LogP contribution in [0.2, 0.25) is 0 Å². The molecule has 0 saturated carbocycles. The molecular formula is C29H28N4O3. The fourth-order valence-electron chi connectivity index (χ4n) is 3.68. The molecule has 0 spiro atoms. The summed E-state index contributed by atoms with van der Waals surface area (Å²) < 4.78 is 5.85. The van der Waals surface area contributed by atoms with Gasteiger partial charge in [-0.3, -0.25) is 19.6 Å². The number of aliphatic imine (C=N–C) groups is 1. The Morgan fingerprint density at radius 1 is 1.00 bits per heavy atom. The van der Waals surface area contributed by atoms with Crippen LogP contribution < -0.4 is 10.1 Å². The van der Waals surface area contributed by atoms with Crippen LogP contribution in [0.15, 0.2) is 96.1 Å². The van der Waals surface area contributed by atoms with Crippen molar-refractivity contribution < 1.29 is 14.3 Å². The van der Waals surface area contributed by atoms with E-state index in [0.29, 0.717) is 43.7 Å². The minimum Gasteiger partial charge on any atom is -0.457 e. The van der Waals surface area contributed by atoms with Gasteiger partial charge in [0, 0.05) is 38.5 Å². The zero-order valence-electron chi connectivity index (χ0n) is 19.9. The fraction of sp³-hybridized carbons (Fsp3) is 0.172. The molecular weight excluding hydrogens is 452 g/mol. The van der Waals surface area contributed by atoms with Crippen LogP contribution in [-0.2, 0) is 11.2 Å². The van der Waals surface area contributed by atoms with Crippen LogP contribution in [0.1, 0.15) is 28.0 Å². The van der Waals surface area contributed by atoms with E-state index < -0.39 is 0 Å². The van der Waals surface area contributed by atoms with Crippen LogP contribution in [0.3, 0.4) is 0 Å². The number of nitrogens with zero attached hydrogens (tertiary/aromatic N) is 3. The number of benzene rings is 2. The van der Waals surface area contributed by atoms with Crippen LogP contribution in [0, 0.1) is 0 Å². The summed E-state index contributed by atoms with van der Waals surface area (Å²) in [7, 11) is 0. The first-order valence-electron chi connectivity index (χ1n) is 11.9. The summed E-state index contributed by atoms with van der Waals surface area (Å²) in [5.41, 5.74) is 3.04. The third kappa shape index (κ3) is 6.99. The van der Waals surface area contributed by atoms with E-state index in [0.717, 1.165) is 29.2 Å². The minimum atomic E-state index is -0.135. The van der Waals surface area contributed by atoms with Crippen LogP contribution >= 0.6 is 0 Å². The van der Waals surface area contributed by atoms with E-state index in [-0.39, 0.29) is 5.91 Å². The zero-order valence-corrected chi connectivity index (χ0v) is 19.9. The highest BCUT2D eigenvalue weighted by Gasteiger charge is 2.16. The highest BCUT2D eigenvalue weighted by molar-refractivity contribution is 5.94. The van der Waals surface area contributed by atoms with Crippen LogP contribution in [0.25, 0.3) is 5.70 Å². The van der Waals surface area contributed by atoms with Crippen molar-refractivity contribution >= 4 is 24.2 Å². The van der Waals surface area contributed by atoms with Crippen molar-refractivity contribution in [2.75, 3.05) is 19.6 Å². The summed E-state index contributed by atoms with van der Waals surface area (Å²) in [6, 6.07) is 21.0. The molecule has 3 aromatic rings. The third-order valence-corrected chi connectivity index (χ3v) is 5.60. The van der Waals surface area contributed by atoms with E-state index in [4.69, 9.17) is 4.74 Å². The summed E-state index contributed by atoms with van der Waals surface area (Å²) in [5.74, 6) is 1.40. The normalized spacial score (nSPS) is 12.4. The second kappa shape index (κ2) is 12.8. The molecule has 2 heterocycles. The molecule has 182 valence electrons. The molecule has 2 amide bonds. The Bertz CT molecular complexity index is 1230. The second-order valence-corrected chi connectivity index (χ2v) is 8.13. The van der Waals surface area contributed by atoms with Crippen molar-refractivity contribution in [1.82, 2.24) is 15.2 Å². The predicted octanol–water partition coefficient (Wildman–Crippen LogP) is 4.68. The first-order chi connectivity index (χ1) is 17.7. The van der Waals surface area contributed by atoms with E-state index in [1.807, 2.05) is 85.1 Å². The van der Waals surface area contributed by atoms with Crippen molar-refractivity contribution in [1.29, 1.82) is 0 Å². The number of rotatable bonds is 11. The van der Waals surface area contributed by atoms with Crippen LogP contribution in [0.5, 0.6) is 11.5 Å². The monoisotopic (exact) mass is 480 g/mol. The number of para-hydroxylation sites is 1. The number of carbonyl (C=O) groups excluding carboxylic acids is 2. The van der Waals surface area contributed by atoms with Crippen LogP contribution in [-0.4, -0.2) is 48.1 Å². The van der Waals surface area contributed by atoms with Gasteiger partial charge in [-0.25, -0.2) is 0 Å². The van der Waals surface area contributed by atoms with Crippen molar-refractivity contribution in [2.45, 2.75) is 12.8 Å². The molecule has 36 heavy (non-hydrogen) atoms. The zero-order chi connectivity index (χ0) is 25.0. The van der Waals surface area contributed by atoms with E-state index in [1.54, 1.807) is 17.2 Å². The maximum absolute atomic E-state index is 13.3. The number of ether oxygens (including phenoxy) is 1. The summed E-state index contributed by atoms with van der Waals surface area (Å²) in [6.45, 7) is 1.27.